The molecule has 158 valence electrons. The highest BCUT2D eigenvalue weighted by Crippen LogP contribution is 2.31. The molecule has 1 saturated heterocycles. The van der Waals surface area contributed by atoms with Gasteiger partial charge in [-0.05, 0) is 42.5 Å². The van der Waals surface area contributed by atoms with Crippen LogP contribution in [0.5, 0.6) is 17.2 Å². The molecule has 0 spiro atoms. The van der Waals surface area contributed by atoms with Crippen LogP contribution < -0.4 is 19.1 Å². The average molecular weight is 412 g/mol. The molecule has 0 bridgehead atoms. The van der Waals surface area contributed by atoms with Crippen LogP contribution in [0.3, 0.4) is 0 Å². The Labute approximate surface area is 174 Å². The van der Waals surface area contributed by atoms with E-state index in [1.165, 1.54) is 0 Å². The van der Waals surface area contributed by atoms with E-state index in [2.05, 4.69) is 4.90 Å². The van der Waals surface area contributed by atoms with E-state index in [1.54, 1.807) is 30.2 Å². The lowest BCUT2D eigenvalue weighted by Gasteiger charge is -2.36. The predicted molar refractivity (Wildman–Crippen MR) is 110 cm³/mol. The molecular weight excluding hydrogens is 388 g/mol. The highest BCUT2D eigenvalue weighted by molar-refractivity contribution is 5.92. The van der Waals surface area contributed by atoms with E-state index in [1.807, 2.05) is 24.3 Å². The summed E-state index contributed by atoms with van der Waals surface area (Å²) in [6, 6.07) is 12.7. The fourth-order valence-electron chi connectivity index (χ4n) is 3.48. The largest absolute Gasteiger partial charge is 0.497 e. The monoisotopic (exact) mass is 412 g/mol. The van der Waals surface area contributed by atoms with Gasteiger partial charge in [0.05, 0.1) is 12.7 Å². The Bertz CT molecular complexity index is 906. The number of esters is 1. The minimum Gasteiger partial charge on any atom is -0.497 e. The van der Waals surface area contributed by atoms with Crippen LogP contribution in [0.4, 0.5) is 5.69 Å². The first-order chi connectivity index (χ1) is 14.6. The van der Waals surface area contributed by atoms with Crippen molar-refractivity contribution in [3.05, 3.63) is 48.0 Å². The first-order valence-electron chi connectivity index (χ1n) is 9.87. The normalized spacial score (nSPS) is 15.5. The lowest BCUT2D eigenvalue weighted by Crippen LogP contribution is -2.49. The fourth-order valence-corrected chi connectivity index (χ4v) is 3.48. The van der Waals surface area contributed by atoms with Crippen LogP contribution in [0.15, 0.2) is 42.5 Å². The number of fused-ring (bicyclic) bond motifs is 1. The molecule has 1 amide bonds. The molecule has 0 radical (unpaired) electrons. The third-order valence-electron chi connectivity index (χ3n) is 5.17. The Kier molecular flexibility index (Phi) is 5.92. The second kappa shape index (κ2) is 8.94. The predicted octanol–water partition coefficient (Wildman–Crippen LogP) is 1.97. The molecule has 2 heterocycles. The molecule has 0 atom stereocenters. The summed E-state index contributed by atoms with van der Waals surface area (Å²) < 4.78 is 21.3. The number of carbonyl (C=O) groups excluding carboxylic acids is 2. The van der Waals surface area contributed by atoms with Crippen molar-refractivity contribution in [2.75, 3.05) is 58.0 Å². The number of piperazine rings is 1. The Hall–Kier alpha value is -3.42. The highest BCUT2D eigenvalue weighted by atomic mass is 16.6. The minimum atomic E-state index is -0.558. The number of hydrogen-bond acceptors (Lipinski definition) is 7. The fraction of sp³-hybridized carbons (Fsp3) is 0.364. The van der Waals surface area contributed by atoms with Gasteiger partial charge in [0.25, 0.3) is 5.91 Å². The molecule has 1 fully saturated rings. The van der Waals surface area contributed by atoms with Crippen LogP contribution in [-0.4, -0.2) is 69.9 Å². The lowest BCUT2D eigenvalue weighted by molar-refractivity contribution is -0.134. The molecule has 0 N–H and O–H groups in total. The first kappa shape index (κ1) is 19.9. The van der Waals surface area contributed by atoms with Crippen molar-refractivity contribution >= 4 is 17.6 Å². The van der Waals surface area contributed by atoms with Crippen molar-refractivity contribution in [1.29, 1.82) is 0 Å². The molecular formula is C22H24N2O6. The van der Waals surface area contributed by atoms with Gasteiger partial charge in [0, 0.05) is 31.9 Å². The molecule has 2 aromatic rings. The molecule has 8 heteroatoms. The van der Waals surface area contributed by atoms with Crippen LogP contribution in [0.25, 0.3) is 0 Å². The van der Waals surface area contributed by atoms with Gasteiger partial charge < -0.3 is 28.7 Å². The second-order valence-electron chi connectivity index (χ2n) is 7.00. The topological polar surface area (TPSA) is 77.5 Å². The van der Waals surface area contributed by atoms with E-state index >= 15 is 0 Å². The highest BCUT2D eigenvalue weighted by Gasteiger charge is 2.23. The van der Waals surface area contributed by atoms with E-state index in [-0.39, 0.29) is 12.5 Å². The number of anilines is 1. The number of carbonyl (C=O) groups is 2. The maximum absolute atomic E-state index is 12.5. The molecule has 2 aliphatic rings. The summed E-state index contributed by atoms with van der Waals surface area (Å²) in [7, 11) is 1.64. The number of methoxy groups -OCH3 is 1. The van der Waals surface area contributed by atoms with Crippen molar-refractivity contribution in [3.63, 3.8) is 0 Å². The van der Waals surface area contributed by atoms with Crippen LogP contribution in [0.2, 0.25) is 0 Å². The molecule has 0 saturated carbocycles. The summed E-state index contributed by atoms with van der Waals surface area (Å²) >= 11 is 0. The van der Waals surface area contributed by atoms with Crippen molar-refractivity contribution < 1.29 is 28.5 Å². The molecule has 0 aliphatic carbocycles. The summed E-state index contributed by atoms with van der Waals surface area (Å²) in [4.78, 5) is 28.7. The Balaban J connectivity index is 1.26. The van der Waals surface area contributed by atoms with Crippen molar-refractivity contribution in [2.45, 2.75) is 0 Å². The molecule has 30 heavy (non-hydrogen) atoms. The Morgan fingerprint density at radius 2 is 1.63 bits per heavy atom. The smallest absolute Gasteiger partial charge is 0.338 e. The number of nitrogens with zero attached hydrogens (tertiary/aromatic N) is 2. The SMILES string of the molecule is COc1ccc(N2CCN(C(=O)COC(=O)c3ccc4c(c3)OCCO4)CC2)cc1. The van der Waals surface area contributed by atoms with Gasteiger partial charge in [0.15, 0.2) is 18.1 Å². The summed E-state index contributed by atoms with van der Waals surface area (Å²) in [6.45, 7) is 3.22. The van der Waals surface area contributed by atoms with E-state index in [0.29, 0.717) is 56.5 Å². The van der Waals surface area contributed by atoms with Crippen LogP contribution in [-0.2, 0) is 9.53 Å². The van der Waals surface area contributed by atoms with Gasteiger partial charge in [0.2, 0.25) is 0 Å². The van der Waals surface area contributed by atoms with Gasteiger partial charge in [-0.25, -0.2) is 4.79 Å². The molecule has 2 aliphatic heterocycles. The lowest BCUT2D eigenvalue weighted by atomic mass is 10.2. The number of hydrogen-bond donors (Lipinski definition) is 0. The van der Waals surface area contributed by atoms with Crippen molar-refractivity contribution in [2.24, 2.45) is 0 Å². The molecule has 2 aromatic carbocycles. The average Bonchev–Trinajstić information content (AvgIpc) is 2.82. The molecule has 0 aromatic heterocycles. The van der Waals surface area contributed by atoms with Crippen molar-refractivity contribution in [1.82, 2.24) is 4.90 Å². The number of benzene rings is 2. The van der Waals surface area contributed by atoms with Gasteiger partial charge in [-0.15, -0.1) is 0 Å². The third-order valence-corrected chi connectivity index (χ3v) is 5.17. The summed E-state index contributed by atoms with van der Waals surface area (Å²) in [5.74, 6) is 1.17. The van der Waals surface area contributed by atoms with Crippen LogP contribution in [0, 0.1) is 0 Å². The maximum Gasteiger partial charge on any atom is 0.338 e. The maximum atomic E-state index is 12.5. The summed E-state index contributed by atoms with van der Waals surface area (Å²) in [5.41, 5.74) is 1.42. The third kappa shape index (κ3) is 4.42. The van der Waals surface area contributed by atoms with Gasteiger partial charge in [-0.1, -0.05) is 0 Å². The summed E-state index contributed by atoms with van der Waals surface area (Å²) in [6.07, 6.45) is 0. The van der Waals surface area contributed by atoms with E-state index in [9.17, 15) is 9.59 Å². The molecule has 8 nitrogen and oxygen atoms in total. The Morgan fingerprint density at radius 3 is 2.33 bits per heavy atom. The zero-order valence-electron chi connectivity index (χ0n) is 16.8. The van der Waals surface area contributed by atoms with E-state index < -0.39 is 5.97 Å². The first-order valence-corrected chi connectivity index (χ1v) is 9.87. The van der Waals surface area contributed by atoms with Gasteiger partial charge >= 0.3 is 5.97 Å². The second-order valence-corrected chi connectivity index (χ2v) is 7.00. The summed E-state index contributed by atoms with van der Waals surface area (Å²) in [5, 5.41) is 0. The minimum absolute atomic E-state index is 0.199. The van der Waals surface area contributed by atoms with E-state index in [0.717, 1.165) is 11.4 Å². The van der Waals surface area contributed by atoms with Gasteiger partial charge in [0.1, 0.15) is 19.0 Å². The van der Waals surface area contributed by atoms with Gasteiger partial charge in [-0.2, -0.15) is 0 Å². The molecule has 4 rings (SSSR count). The zero-order chi connectivity index (χ0) is 20.9. The standard InChI is InChI=1S/C22H24N2O6/c1-27-18-5-3-17(4-6-18)23-8-10-24(11-9-23)21(25)15-30-22(26)16-2-7-19-20(14-16)29-13-12-28-19/h2-7,14H,8-13,15H2,1H3. The number of ether oxygens (including phenoxy) is 4. The van der Waals surface area contributed by atoms with Crippen molar-refractivity contribution in [3.8, 4) is 17.2 Å². The van der Waals surface area contributed by atoms with Gasteiger partial charge in [-0.3, -0.25) is 4.79 Å². The Morgan fingerprint density at radius 1 is 0.933 bits per heavy atom. The number of rotatable bonds is 5. The quantitative estimate of drug-likeness (QED) is 0.695. The number of amides is 1. The van der Waals surface area contributed by atoms with E-state index in [4.69, 9.17) is 18.9 Å². The molecule has 0 unspecified atom stereocenters. The van der Waals surface area contributed by atoms with Crippen LogP contribution in [0.1, 0.15) is 10.4 Å². The van der Waals surface area contributed by atoms with Crippen LogP contribution >= 0.6 is 0 Å². The zero-order valence-corrected chi connectivity index (χ0v) is 16.8.